The van der Waals surface area contributed by atoms with Crippen LogP contribution in [0.3, 0.4) is 0 Å². The average Bonchev–Trinajstić information content (AvgIpc) is 4.04. The number of hydrogen-bond donors (Lipinski definition) is 1. The van der Waals surface area contributed by atoms with Gasteiger partial charge in [0.05, 0.1) is 11.2 Å². The van der Waals surface area contributed by atoms with Crippen LogP contribution in [0.25, 0.3) is 44.1 Å². The third kappa shape index (κ3) is 14.7. The molecule has 1 N–H and O–H groups in total. The average molecular weight is 1100 g/mol. The number of hydrogen-bond acceptors (Lipinski definition) is 4. The molecule has 365 valence electrons. The molecule has 0 aliphatic heterocycles. The largest absolute Gasteiger partial charge is 0.512 e. The summed E-state index contributed by atoms with van der Waals surface area (Å²) >= 11 is 0. The third-order valence-corrected chi connectivity index (χ3v) is 14.0. The summed E-state index contributed by atoms with van der Waals surface area (Å²) in [5.41, 5.74) is 13.0. The zero-order valence-corrected chi connectivity index (χ0v) is 44.2. The first kappa shape index (κ1) is 48.4. The van der Waals surface area contributed by atoms with E-state index in [0.717, 1.165) is 97.1 Å². The summed E-state index contributed by atoms with van der Waals surface area (Å²) in [4.78, 5) is 20.6. The zero-order valence-electron chi connectivity index (χ0n) is 45.8. The van der Waals surface area contributed by atoms with Gasteiger partial charge in [-0.1, -0.05) is 124 Å². The minimum Gasteiger partial charge on any atom is -0.512 e. The van der Waals surface area contributed by atoms with Gasteiger partial charge in [-0.2, -0.15) is 0 Å². The molecule has 2 saturated carbocycles. The Labute approximate surface area is 425 Å². The van der Waals surface area contributed by atoms with Crippen LogP contribution in [0.2, 0.25) is 0 Å². The second kappa shape index (κ2) is 25.9. The molecular weight excluding hydrogens is 1020 g/mol. The number of nitrogens with zero attached hydrogens (tertiary/aromatic N) is 2. The fourth-order valence-corrected chi connectivity index (χ4v) is 10.2. The monoisotopic (exact) mass is 1100 g/mol. The Morgan fingerprint density at radius 2 is 1.09 bits per heavy atom. The number of carbonyl (C=O) groups excluding carboxylic acids is 1. The smallest absolute Gasteiger partial charge is 0.239 e. The first-order valence-corrected chi connectivity index (χ1v) is 24.9. The molecule has 2 aliphatic carbocycles. The topological polar surface area (TPSA) is 63.1 Å². The minimum atomic E-state index is -2.46. The molecular formula is C61H74F2IrN2O2-2. The third-order valence-electron chi connectivity index (χ3n) is 14.0. The number of carbonyl (C=O) groups is 1. The molecule has 2 aromatic heterocycles. The van der Waals surface area contributed by atoms with Crippen LogP contribution < -0.4 is 0 Å². The first-order valence-electron chi connectivity index (χ1n) is 26.9. The van der Waals surface area contributed by atoms with Crippen LogP contribution in [-0.2, 0) is 37.7 Å². The van der Waals surface area contributed by atoms with Crippen LogP contribution in [0.15, 0.2) is 84.8 Å². The number of aryl methyl sites for hydroxylation is 6. The normalized spacial score (nSPS) is 15.6. The van der Waals surface area contributed by atoms with E-state index >= 15 is 0 Å². The van der Waals surface area contributed by atoms with Crippen molar-refractivity contribution >= 4 is 27.3 Å². The van der Waals surface area contributed by atoms with Gasteiger partial charge >= 0.3 is 0 Å². The van der Waals surface area contributed by atoms with Gasteiger partial charge < -0.3 is 15.1 Å². The Bertz CT molecular complexity index is 2660. The summed E-state index contributed by atoms with van der Waals surface area (Å²) in [6.07, 6.45) is 13.0. The Morgan fingerprint density at radius 3 is 1.46 bits per heavy atom. The molecule has 1 radical (unpaired) electrons. The molecule has 0 spiro atoms. The van der Waals surface area contributed by atoms with Crippen LogP contribution in [0.4, 0.5) is 8.78 Å². The van der Waals surface area contributed by atoms with Gasteiger partial charge in [-0.3, -0.25) is 4.79 Å². The number of rotatable bonds is 14. The molecule has 8 rings (SSSR count). The second-order valence-corrected chi connectivity index (χ2v) is 19.5. The van der Waals surface area contributed by atoms with Gasteiger partial charge in [-0.15, -0.1) is 69.8 Å². The van der Waals surface area contributed by atoms with Gasteiger partial charge in [0.2, 0.25) is 6.43 Å². The van der Waals surface area contributed by atoms with E-state index in [4.69, 9.17) is 5.48 Å². The van der Waals surface area contributed by atoms with Gasteiger partial charge in [-0.05, 0) is 125 Å². The molecule has 68 heavy (non-hydrogen) atoms. The van der Waals surface area contributed by atoms with E-state index in [1.54, 1.807) is 6.92 Å². The molecule has 7 heteroatoms. The maximum Gasteiger partial charge on any atom is 0.239 e. The summed E-state index contributed by atoms with van der Waals surface area (Å²) in [7, 11) is 0. The summed E-state index contributed by atoms with van der Waals surface area (Å²) in [6.45, 7) is 18.0. The van der Waals surface area contributed by atoms with Crippen molar-refractivity contribution < 1.29 is 44.3 Å². The van der Waals surface area contributed by atoms with E-state index in [1.807, 2.05) is 27.7 Å². The van der Waals surface area contributed by atoms with Crippen molar-refractivity contribution in [1.29, 1.82) is 0 Å². The standard InChI is InChI=1S/2C24H26N.C13H22F2O2.Ir/c2*1-16-10-17(2)12-22(11-16)24-23-13-18(3)21(14-19-6-4-5-7-19)15-20(23)8-9-25-24;1-4-9(5-2)11(16)8-12(17)10(6-3)7-13(14)15;/h2*8-11,13,15,19H,4-7,14H2,1-3H3;8-10,13,17H,4-7H2,1-3H3;/q2*-1;;/b;;12-8-;/i2*8D,9D;;. The number of aliphatic hydroxyl groups excluding tert-OH is 1. The molecule has 0 amide bonds. The Morgan fingerprint density at radius 1 is 0.676 bits per heavy atom. The van der Waals surface area contributed by atoms with E-state index in [-0.39, 0.29) is 62.0 Å². The maximum absolute atomic E-state index is 12.2. The quantitative estimate of drug-likeness (QED) is 0.0671. The fourth-order valence-electron chi connectivity index (χ4n) is 10.2. The van der Waals surface area contributed by atoms with E-state index in [0.29, 0.717) is 19.3 Å². The van der Waals surface area contributed by atoms with Crippen molar-refractivity contribution in [1.82, 2.24) is 9.97 Å². The summed E-state index contributed by atoms with van der Waals surface area (Å²) in [5.74, 6) is 0.416. The van der Waals surface area contributed by atoms with Crippen molar-refractivity contribution in [2.75, 3.05) is 0 Å². The molecule has 4 aromatic carbocycles. The SMILES string of the molecule is CCC(CC)C(=O)/C=C(\O)C(CC)CC(F)F.[2H]c1nc(-c2[c-]c(C)cc(C)c2)c2cc(C)c(CC3CCCC3)cc2c1[2H].[2H]c1nc(-c2[c-]c(C)cc(C)c2)c2cc(C)c(CC3CCCC3)cc2c1[2H].[Ir]. The van der Waals surface area contributed by atoms with Crippen molar-refractivity contribution in [3.05, 3.63) is 141 Å². The van der Waals surface area contributed by atoms with E-state index in [9.17, 15) is 18.7 Å². The number of halogens is 2. The van der Waals surface area contributed by atoms with Crippen molar-refractivity contribution in [2.24, 2.45) is 23.7 Å². The number of alkyl halides is 2. The van der Waals surface area contributed by atoms with Crippen molar-refractivity contribution in [3.63, 3.8) is 0 Å². The number of aliphatic hydroxyl groups is 1. The molecule has 1 atom stereocenters. The second-order valence-electron chi connectivity index (χ2n) is 19.5. The molecule has 0 saturated heterocycles. The predicted molar refractivity (Wildman–Crippen MR) is 276 cm³/mol. The molecule has 1 unspecified atom stereocenters. The number of allylic oxidation sites excluding steroid dienone is 2. The maximum atomic E-state index is 12.2. The van der Waals surface area contributed by atoms with Crippen LogP contribution in [0, 0.1) is 77.3 Å². The molecule has 2 aliphatic rings. The van der Waals surface area contributed by atoms with Gasteiger partial charge in [0.25, 0.3) is 0 Å². The van der Waals surface area contributed by atoms with Gasteiger partial charge in [0, 0.05) is 56.8 Å². The summed E-state index contributed by atoms with van der Waals surface area (Å²) in [6, 6.07) is 24.2. The number of pyridine rings is 2. The van der Waals surface area contributed by atoms with Crippen LogP contribution >= 0.6 is 0 Å². The van der Waals surface area contributed by atoms with Crippen molar-refractivity contribution in [3.8, 4) is 22.5 Å². The van der Waals surface area contributed by atoms with Crippen LogP contribution in [-0.4, -0.2) is 27.3 Å². The van der Waals surface area contributed by atoms with Gasteiger partial charge in [-0.25, -0.2) is 8.78 Å². The number of fused-ring (bicyclic) bond motifs is 2. The Kier molecular flexibility index (Phi) is 18.4. The Balaban J connectivity index is 0.000000206. The fraction of sp³-hybridized carbons (Fsp3) is 0.459. The number of ketones is 1. The van der Waals surface area contributed by atoms with E-state index in [2.05, 4.69) is 98.3 Å². The Hall–Kier alpha value is -4.58. The van der Waals surface area contributed by atoms with Crippen LogP contribution in [0.1, 0.15) is 148 Å². The zero-order chi connectivity index (χ0) is 51.7. The number of benzene rings is 4. The van der Waals surface area contributed by atoms with E-state index < -0.39 is 18.8 Å². The number of aromatic nitrogens is 2. The molecule has 4 nitrogen and oxygen atoms in total. The summed E-state index contributed by atoms with van der Waals surface area (Å²) < 4.78 is 57.8. The molecule has 6 aromatic rings. The van der Waals surface area contributed by atoms with Crippen molar-refractivity contribution in [2.45, 2.75) is 159 Å². The summed E-state index contributed by atoms with van der Waals surface area (Å²) in [5, 5.41) is 13.3. The first-order chi connectivity index (χ1) is 33.8. The minimum absolute atomic E-state index is 0. The van der Waals surface area contributed by atoms with E-state index in [1.165, 1.54) is 73.6 Å². The van der Waals surface area contributed by atoms with Crippen LogP contribution in [0.5, 0.6) is 0 Å². The van der Waals surface area contributed by atoms with Gasteiger partial charge in [0.1, 0.15) is 0 Å². The molecule has 2 fully saturated rings. The van der Waals surface area contributed by atoms with Gasteiger partial charge in [0.15, 0.2) is 5.78 Å². The predicted octanol–water partition coefficient (Wildman–Crippen LogP) is 16.8. The molecule has 0 bridgehead atoms. The molecule has 2 heterocycles.